The van der Waals surface area contributed by atoms with Gasteiger partial charge < -0.3 is 33.8 Å². The second-order valence-electron chi connectivity index (χ2n) is 27.8. The standard InChI is InChI=1S/C77H146O17P2/c1-7-10-12-14-16-18-20-22-24-29-32-36-40-47-53-59-74(79)87-65-72(93-76(81)62-56-50-42-38-34-30-26-25-27-31-35-39-46-52-58-70(6)9-3)67-91-95(83,84)89-63-71(78)64-90-96(85,86)92-68-73(66-88-75(80)60-54-48-44-43-45-51-57-69(4)5)94-77(82)61-55-49-41-37-33-28-23-21-19-17-15-13-11-8-2/h18,20,22,24,69-73,78H,7-17,19,21,23,25-68H2,1-6H3,(H,83,84)(H,85,86)/b20-18-,24-22-/t70?,71-,72-,73-/m1/s1. The number of hydrogen-bond donors (Lipinski definition) is 3. The Labute approximate surface area is 586 Å². The molecule has 0 radical (unpaired) electrons. The van der Waals surface area contributed by atoms with Crippen LogP contribution in [0.2, 0.25) is 0 Å². The van der Waals surface area contributed by atoms with E-state index in [1.807, 2.05) is 0 Å². The van der Waals surface area contributed by atoms with Crippen LogP contribution >= 0.6 is 15.6 Å². The van der Waals surface area contributed by atoms with Gasteiger partial charge in [-0.15, -0.1) is 0 Å². The van der Waals surface area contributed by atoms with Crippen LogP contribution < -0.4 is 0 Å². The van der Waals surface area contributed by atoms with Crippen molar-refractivity contribution in [3.8, 4) is 0 Å². The Morgan fingerprint density at radius 2 is 0.615 bits per heavy atom. The second kappa shape index (κ2) is 68.3. The zero-order valence-electron chi connectivity index (χ0n) is 62.2. The van der Waals surface area contributed by atoms with Crippen molar-refractivity contribution in [3.05, 3.63) is 24.3 Å². The maximum atomic E-state index is 13.1. The first kappa shape index (κ1) is 93.5. The third-order valence-electron chi connectivity index (χ3n) is 17.7. The molecule has 0 amide bonds. The molecule has 0 aliphatic rings. The van der Waals surface area contributed by atoms with Crippen LogP contribution in [0, 0.1) is 11.8 Å². The number of carbonyl (C=O) groups is 4. The fraction of sp³-hybridized carbons (Fsp3) is 0.896. The second-order valence-corrected chi connectivity index (χ2v) is 30.7. The van der Waals surface area contributed by atoms with Crippen molar-refractivity contribution >= 4 is 39.5 Å². The number of phosphoric ester groups is 2. The Morgan fingerprint density at radius 1 is 0.344 bits per heavy atom. The van der Waals surface area contributed by atoms with Gasteiger partial charge in [-0.2, -0.15) is 0 Å². The van der Waals surface area contributed by atoms with Gasteiger partial charge >= 0.3 is 39.5 Å². The molecule has 0 bridgehead atoms. The fourth-order valence-corrected chi connectivity index (χ4v) is 12.8. The highest BCUT2D eigenvalue weighted by Crippen LogP contribution is 2.45. The lowest BCUT2D eigenvalue weighted by Gasteiger charge is -2.21. The van der Waals surface area contributed by atoms with Gasteiger partial charge in [0.1, 0.15) is 19.3 Å². The zero-order chi connectivity index (χ0) is 70.7. The van der Waals surface area contributed by atoms with Gasteiger partial charge in [-0.3, -0.25) is 37.3 Å². The molecule has 19 heteroatoms. The first-order chi connectivity index (χ1) is 46.4. The van der Waals surface area contributed by atoms with Crippen LogP contribution in [0.5, 0.6) is 0 Å². The summed E-state index contributed by atoms with van der Waals surface area (Å²) in [5, 5.41) is 10.6. The average Bonchev–Trinajstić information content (AvgIpc) is 1.30. The summed E-state index contributed by atoms with van der Waals surface area (Å²) in [6.07, 6.45) is 59.1. The SMILES string of the molecule is CCCCCC/C=C\C=C/CCCCCCCC(=O)OC[C@H](COP(=O)(O)OC[C@@H](O)COP(=O)(O)OC[C@@H](COC(=O)CCCCCCCCC(C)C)OC(=O)CCCCCCCCCCCCCCCC)OC(=O)CCCCCCCCCCCCCCCCC(C)CC. The quantitative estimate of drug-likeness (QED) is 0.0169. The maximum Gasteiger partial charge on any atom is 0.472 e. The lowest BCUT2D eigenvalue weighted by Crippen LogP contribution is -2.30. The van der Waals surface area contributed by atoms with Crippen LogP contribution in [0.25, 0.3) is 0 Å². The molecule has 0 aliphatic heterocycles. The van der Waals surface area contributed by atoms with Crippen molar-refractivity contribution in [1.29, 1.82) is 0 Å². The monoisotopic (exact) mass is 1410 g/mol. The average molecular weight is 1410 g/mol. The Kier molecular flexibility index (Phi) is 66.6. The predicted octanol–water partition coefficient (Wildman–Crippen LogP) is 22.3. The van der Waals surface area contributed by atoms with Gasteiger partial charge in [0.2, 0.25) is 0 Å². The molecule has 0 aromatic heterocycles. The number of aliphatic hydroxyl groups excluding tert-OH is 1. The zero-order valence-corrected chi connectivity index (χ0v) is 63.9. The number of phosphoric acid groups is 2. The number of carbonyl (C=O) groups excluding carboxylic acids is 4. The van der Waals surface area contributed by atoms with Gasteiger partial charge in [-0.05, 0) is 63.2 Å². The topological polar surface area (TPSA) is 237 Å². The third kappa shape index (κ3) is 68.7. The lowest BCUT2D eigenvalue weighted by molar-refractivity contribution is -0.161. The molecule has 0 fully saturated rings. The van der Waals surface area contributed by atoms with Crippen LogP contribution in [0.4, 0.5) is 0 Å². The summed E-state index contributed by atoms with van der Waals surface area (Å²) in [7, 11) is -9.92. The Morgan fingerprint density at radius 3 is 0.938 bits per heavy atom. The normalized spacial score (nSPS) is 14.4. The van der Waals surface area contributed by atoms with Gasteiger partial charge in [0.15, 0.2) is 12.2 Å². The van der Waals surface area contributed by atoms with Gasteiger partial charge in [-0.25, -0.2) is 9.13 Å². The molecule has 566 valence electrons. The molecule has 0 rings (SSSR count). The number of hydrogen-bond acceptors (Lipinski definition) is 15. The van der Waals surface area contributed by atoms with Crippen LogP contribution in [-0.2, 0) is 65.4 Å². The number of rotatable bonds is 74. The Hall–Kier alpha value is -2.46. The number of unbranched alkanes of at least 4 members (excludes halogenated alkanes) is 40. The van der Waals surface area contributed by atoms with Crippen LogP contribution in [-0.4, -0.2) is 96.7 Å². The van der Waals surface area contributed by atoms with Crippen LogP contribution in [0.15, 0.2) is 24.3 Å². The summed E-state index contributed by atoms with van der Waals surface area (Å²) < 4.78 is 68.5. The van der Waals surface area contributed by atoms with Crippen molar-refractivity contribution in [2.24, 2.45) is 11.8 Å². The highest BCUT2D eigenvalue weighted by molar-refractivity contribution is 7.47. The number of allylic oxidation sites excluding steroid dienone is 4. The molecule has 0 heterocycles. The minimum atomic E-state index is -4.97. The van der Waals surface area contributed by atoms with E-state index < -0.39 is 97.5 Å². The molecule has 0 aromatic rings. The summed E-state index contributed by atoms with van der Waals surface area (Å²) in [4.78, 5) is 72.8. The highest BCUT2D eigenvalue weighted by atomic mass is 31.2. The summed E-state index contributed by atoms with van der Waals surface area (Å²) >= 11 is 0. The predicted molar refractivity (Wildman–Crippen MR) is 391 cm³/mol. The summed E-state index contributed by atoms with van der Waals surface area (Å²) in [5.74, 6) is -0.624. The summed E-state index contributed by atoms with van der Waals surface area (Å²) in [6.45, 7) is 9.51. The molecule has 0 aromatic carbocycles. The number of esters is 4. The maximum absolute atomic E-state index is 13.1. The van der Waals surface area contributed by atoms with Crippen molar-refractivity contribution in [2.75, 3.05) is 39.6 Å². The van der Waals surface area contributed by atoms with Crippen molar-refractivity contribution < 1.29 is 80.2 Å². The van der Waals surface area contributed by atoms with Crippen LogP contribution in [0.1, 0.15) is 375 Å². The molecule has 0 spiro atoms. The van der Waals surface area contributed by atoms with Crippen LogP contribution in [0.3, 0.4) is 0 Å². The molecule has 0 saturated carbocycles. The molecule has 6 atom stereocenters. The number of aliphatic hydroxyl groups is 1. The van der Waals surface area contributed by atoms with Crippen molar-refractivity contribution in [1.82, 2.24) is 0 Å². The van der Waals surface area contributed by atoms with Gasteiger partial charge in [0.05, 0.1) is 26.4 Å². The number of ether oxygens (including phenoxy) is 4. The van der Waals surface area contributed by atoms with E-state index in [0.717, 1.165) is 121 Å². The smallest absolute Gasteiger partial charge is 0.462 e. The molecule has 0 saturated heterocycles. The molecule has 17 nitrogen and oxygen atoms in total. The van der Waals surface area contributed by atoms with E-state index in [1.54, 1.807) is 0 Å². The van der Waals surface area contributed by atoms with E-state index in [1.165, 1.54) is 167 Å². The van der Waals surface area contributed by atoms with Gasteiger partial charge in [-0.1, -0.05) is 323 Å². The Balaban J connectivity index is 5.27. The van der Waals surface area contributed by atoms with E-state index >= 15 is 0 Å². The van der Waals surface area contributed by atoms with Gasteiger partial charge in [0.25, 0.3) is 0 Å². The van der Waals surface area contributed by atoms with Gasteiger partial charge in [0, 0.05) is 25.7 Å². The lowest BCUT2D eigenvalue weighted by atomic mass is 9.99. The third-order valence-corrected chi connectivity index (χ3v) is 19.6. The molecular formula is C77H146O17P2. The summed E-state index contributed by atoms with van der Waals surface area (Å²) in [5.41, 5.74) is 0. The van der Waals surface area contributed by atoms with Crippen molar-refractivity contribution in [3.63, 3.8) is 0 Å². The van der Waals surface area contributed by atoms with E-state index in [4.69, 9.17) is 37.0 Å². The van der Waals surface area contributed by atoms with E-state index in [2.05, 4.69) is 65.8 Å². The molecule has 3 unspecified atom stereocenters. The fourth-order valence-electron chi connectivity index (χ4n) is 11.3. The molecular weight excluding hydrogens is 1260 g/mol. The minimum absolute atomic E-state index is 0.101. The first-order valence-electron chi connectivity index (χ1n) is 39.3. The largest absolute Gasteiger partial charge is 0.472 e. The van der Waals surface area contributed by atoms with E-state index in [0.29, 0.717) is 31.6 Å². The first-order valence-corrected chi connectivity index (χ1v) is 42.3. The minimum Gasteiger partial charge on any atom is -0.462 e. The molecule has 96 heavy (non-hydrogen) atoms. The Bertz CT molecular complexity index is 1950. The van der Waals surface area contributed by atoms with Crippen molar-refractivity contribution in [2.45, 2.75) is 394 Å². The summed E-state index contributed by atoms with van der Waals surface area (Å²) in [6, 6.07) is 0. The molecule has 0 aliphatic carbocycles. The van der Waals surface area contributed by atoms with E-state index in [9.17, 15) is 43.2 Å². The highest BCUT2D eigenvalue weighted by Gasteiger charge is 2.30. The van der Waals surface area contributed by atoms with E-state index in [-0.39, 0.29) is 25.7 Å². The molecule has 3 N–H and O–H groups in total.